The van der Waals surface area contributed by atoms with Crippen LogP contribution in [0.1, 0.15) is 134 Å². The number of phenolic OH excluding ortho intramolecular Hbond substituents is 1. The van der Waals surface area contributed by atoms with Gasteiger partial charge in [0.1, 0.15) is 35.7 Å². The first-order valence-corrected chi connectivity index (χ1v) is 26.9. The molecule has 1 saturated heterocycles. The lowest BCUT2D eigenvalue weighted by atomic mass is 10.1. The molecule has 2 aliphatic carbocycles. The van der Waals surface area contributed by atoms with Crippen molar-refractivity contribution in [2.24, 2.45) is 11.8 Å². The van der Waals surface area contributed by atoms with Crippen LogP contribution in [0.25, 0.3) is 0 Å². The van der Waals surface area contributed by atoms with Crippen LogP contribution in [0.15, 0.2) is 24.3 Å². The van der Waals surface area contributed by atoms with Crippen LogP contribution in [0.5, 0.6) is 23.0 Å². The molecule has 0 bridgehead atoms. The predicted octanol–water partition coefficient (Wildman–Crippen LogP) is 13.5. The Balaban J connectivity index is 0.000000259. The Kier molecular flexibility index (Phi) is 17.4. The van der Waals surface area contributed by atoms with E-state index in [-0.39, 0.29) is 35.5 Å². The fourth-order valence-corrected chi connectivity index (χ4v) is 20.9. The highest BCUT2D eigenvalue weighted by atomic mass is 35.5. The van der Waals surface area contributed by atoms with Gasteiger partial charge in [0.25, 0.3) is 16.6 Å². The molecule has 58 heavy (non-hydrogen) atoms. The molecule has 2 amide bonds. The van der Waals surface area contributed by atoms with Crippen molar-refractivity contribution in [2.75, 3.05) is 23.8 Å². The van der Waals surface area contributed by atoms with Gasteiger partial charge in [0.15, 0.2) is 0 Å². The highest BCUT2D eigenvalue weighted by Gasteiger charge is 2.48. The summed E-state index contributed by atoms with van der Waals surface area (Å²) in [5.41, 5.74) is 3.45. The van der Waals surface area contributed by atoms with Crippen molar-refractivity contribution < 1.29 is 33.0 Å². The number of ether oxygens (including phenoxy) is 2. The van der Waals surface area contributed by atoms with E-state index >= 15 is 0 Å². The van der Waals surface area contributed by atoms with Gasteiger partial charge in [-0.25, -0.2) is 0 Å². The first-order chi connectivity index (χ1) is 27.2. The minimum Gasteiger partial charge on any atom is -0.542 e. The molecule has 2 aromatic carbocycles. The van der Waals surface area contributed by atoms with Crippen molar-refractivity contribution in [3.8, 4) is 23.0 Å². The number of carbonyl (C=O) groups excluding carboxylic acids is 2. The second-order valence-electron chi connectivity index (χ2n) is 18.6. The van der Waals surface area contributed by atoms with Crippen molar-refractivity contribution in [3.63, 3.8) is 0 Å². The van der Waals surface area contributed by atoms with E-state index in [9.17, 15) is 14.7 Å². The summed E-state index contributed by atoms with van der Waals surface area (Å²) in [4.78, 5) is 25.1. The van der Waals surface area contributed by atoms with E-state index in [0.717, 1.165) is 51.4 Å². The molecule has 1 heterocycles. The lowest BCUT2D eigenvalue weighted by Crippen LogP contribution is -2.50. The van der Waals surface area contributed by atoms with Gasteiger partial charge in [0, 0.05) is 24.0 Å². The zero-order valence-corrected chi connectivity index (χ0v) is 40.7. The van der Waals surface area contributed by atoms with Crippen molar-refractivity contribution in [2.45, 2.75) is 174 Å². The van der Waals surface area contributed by atoms with Crippen LogP contribution in [0.2, 0.25) is 43.3 Å². The maximum Gasteiger partial charge on any atom is 0.258 e. The van der Waals surface area contributed by atoms with Gasteiger partial charge >= 0.3 is 0 Å². The molecule has 5 rings (SSSR count). The van der Waals surface area contributed by atoms with Crippen molar-refractivity contribution in [1.29, 1.82) is 0 Å². The van der Waals surface area contributed by atoms with Crippen LogP contribution < -0.4 is 24.2 Å². The van der Waals surface area contributed by atoms with Crippen LogP contribution in [-0.2, 0) is 14.3 Å². The molecule has 3 fully saturated rings. The number of hydrogen-bond donors (Lipinski definition) is 3. The minimum atomic E-state index is -2.18. The van der Waals surface area contributed by atoms with E-state index in [0.29, 0.717) is 85.1 Å². The van der Waals surface area contributed by atoms with Gasteiger partial charge in [0.2, 0.25) is 11.8 Å². The number of hydrogen-bond acceptors (Lipinski definition) is 7. The molecule has 326 valence electrons. The monoisotopic (exact) mass is 878 g/mol. The standard InChI is InChI=1S/C24H38ClNO4Si.C21H34ClNO3Si/c1-15(2)31(16(3)4,17(5)6)30-22-12-23(29-14-19-13-28-19)21(11-20(22)25)26-24(27)18-9-7-8-10-18;1-13(2)27(14(3)4,15(5)6)26-20-12-19(24)18(11-17(20)22)23-21(25)16-9-7-8-10-16/h11-12,15-19H,7-10,13-14H2,1-6H3,(H,26,27);11-16,24H,7-10H2,1-6H3,(H,23,25). The van der Waals surface area contributed by atoms with Crippen LogP contribution in [0.4, 0.5) is 11.4 Å². The summed E-state index contributed by atoms with van der Waals surface area (Å²) >= 11 is 13.2. The number of anilines is 2. The first kappa shape index (κ1) is 48.2. The van der Waals surface area contributed by atoms with Gasteiger partial charge in [-0.05, 0) is 71.1 Å². The van der Waals surface area contributed by atoms with Crippen molar-refractivity contribution >= 4 is 63.0 Å². The SMILES string of the molecule is CC(C)[Si](Oc1cc(O)c(NC(=O)C2CCCC2)cc1Cl)(C(C)C)C(C)C.CC(C)[Si](Oc1cc(OCC2CO2)c(NC(=O)C2CCCC2)cc1Cl)(C(C)C)C(C)C. The Morgan fingerprint density at radius 3 is 1.38 bits per heavy atom. The van der Waals surface area contributed by atoms with Gasteiger partial charge in [-0.2, -0.15) is 0 Å². The lowest BCUT2D eigenvalue weighted by molar-refractivity contribution is -0.120. The highest BCUT2D eigenvalue weighted by molar-refractivity contribution is 6.79. The predicted molar refractivity (Wildman–Crippen MR) is 244 cm³/mol. The Morgan fingerprint density at radius 2 is 1.00 bits per heavy atom. The molecule has 1 atom stereocenters. The topological polar surface area (TPSA) is 119 Å². The first-order valence-electron chi connectivity index (χ1n) is 21.8. The number of rotatable bonds is 17. The van der Waals surface area contributed by atoms with Gasteiger partial charge in [-0.1, -0.05) is 132 Å². The molecule has 1 aliphatic heterocycles. The Hall–Kier alpha value is -2.45. The van der Waals surface area contributed by atoms with Gasteiger partial charge in [0.05, 0.1) is 28.0 Å². The zero-order valence-electron chi connectivity index (χ0n) is 37.2. The lowest BCUT2D eigenvalue weighted by Gasteiger charge is -2.42. The van der Waals surface area contributed by atoms with Crippen LogP contribution in [0.3, 0.4) is 0 Å². The maximum atomic E-state index is 12.8. The minimum absolute atomic E-state index is 0.0000784. The fourth-order valence-electron chi connectivity index (χ4n) is 9.83. The third-order valence-corrected chi connectivity index (χ3v) is 25.4. The number of benzene rings is 2. The molecule has 9 nitrogen and oxygen atoms in total. The quantitative estimate of drug-likeness (QED) is 0.0822. The summed E-state index contributed by atoms with van der Waals surface area (Å²) in [6.45, 7) is 27.9. The molecule has 0 spiro atoms. The third-order valence-electron chi connectivity index (χ3n) is 12.9. The summed E-state index contributed by atoms with van der Waals surface area (Å²) in [7, 11) is -4.35. The molecule has 2 saturated carbocycles. The Labute approximate surface area is 361 Å². The Bertz CT molecular complexity index is 1640. The molecule has 13 heteroatoms. The molecule has 0 radical (unpaired) electrons. The molecule has 0 aromatic heterocycles. The summed E-state index contributed by atoms with van der Waals surface area (Å²) < 4.78 is 24.8. The summed E-state index contributed by atoms with van der Waals surface area (Å²) in [5.74, 6) is 1.86. The molecule has 3 aliphatic rings. The van der Waals surface area contributed by atoms with E-state index in [1.807, 2.05) is 6.07 Å². The average Bonchev–Trinajstić information content (AvgIpc) is 3.53. The fraction of sp³-hybridized carbons (Fsp3) is 0.689. The van der Waals surface area contributed by atoms with E-state index < -0.39 is 16.6 Å². The number of phenols is 1. The highest BCUT2D eigenvalue weighted by Crippen LogP contribution is 2.48. The largest absolute Gasteiger partial charge is 0.542 e. The van der Waals surface area contributed by atoms with Crippen molar-refractivity contribution in [3.05, 3.63) is 34.3 Å². The molecule has 2 aromatic rings. The second-order valence-corrected chi connectivity index (χ2v) is 30.2. The van der Waals surface area contributed by atoms with E-state index in [1.165, 1.54) is 0 Å². The molecule has 1 unspecified atom stereocenters. The van der Waals surface area contributed by atoms with Gasteiger partial charge in [-0.15, -0.1) is 0 Å². The number of carbonyl (C=O) groups is 2. The van der Waals surface area contributed by atoms with Crippen LogP contribution >= 0.6 is 23.2 Å². The average molecular weight is 880 g/mol. The zero-order chi connectivity index (χ0) is 43.1. The maximum absolute atomic E-state index is 12.8. The number of nitrogens with one attached hydrogen (secondary N) is 2. The van der Waals surface area contributed by atoms with Gasteiger partial charge in [-0.3, -0.25) is 9.59 Å². The van der Waals surface area contributed by atoms with Crippen LogP contribution in [-0.4, -0.2) is 52.9 Å². The normalized spacial score (nSPS) is 17.7. The smallest absolute Gasteiger partial charge is 0.258 e. The van der Waals surface area contributed by atoms with E-state index in [4.69, 9.17) is 41.5 Å². The van der Waals surface area contributed by atoms with Gasteiger partial charge < -0.3 is 34.1 Å². The number of amides is 2. The molecular weight excluding hydrogens is 808 g/mol. The number of halogens is 2. The second kappa shape index (κ2) is 20.9. The van der Waals surface area contributed by atoms with Crippen LogP contribution in [0, 0.1) is 11.8 Å². The summed E-state index contributed by atoms with van der Waals surface area (Å²) in [6.07, 6.45) is 8.22. The molecular formula is C45H72Cl2N2O7Si2. The summed E-state index contributed by atoms with van der Waals surface area (Å²) in [6, 6.07) is 6.82. The van der Waals surface area contributed by atoms with E-state index in [1.54, 1.807) is 18.2 Å². The summed E-state index contributed by atoms with van der Waals surface area (Å²) in [5, 5.41) is 17.3. The van der Waals surface area contributed by atoms with Crippen molar-refractivity contribution in [1.82, 2.24) is 0 Å². The number of aromatic hydroxyl groups is 1. The number of epoxide rings is 1. The van der Waals surface area contributed by atoms with E-state index in [2.05, 4.69) is 93.7 Å². The Morgan fingerprint density at radius 1 is 0.638 bits per heavy atom. The third kappa shape index (κ3) is 11.5. The molecule has 3 N–H and O–H groups in total.